The highest BCUT2D eigenvalue weighted by atomic mass is 19.4. The van der Waals surface area contributed by atoms with Gasteiger partial charge in [-0.1, -0.05) is 29.8 Å². The van der Waals surface area contributed by atoms with Crippen molar-refractivity contribution in [3.8, 4) is 28.7 Å². The van der Waals surface area contributed by atoms with E-state index in [1.165, 1.54) is 48.5 Å². The summed E-state index contributed by atoms with van der Waals surface area (Å²) in [4.78, 5) is 24.1. The van der Waals surface area contributed by atoms with Crippen LogP contribution in [0.1, 0.15) is 47.0 Å². The molecule has 4 aromatic carbocycles. The number of carbonyl (C=O) groups excluding carboxylic acids is 1. The lowest BCUT2D eigenvalue weighted by Crippen LogP contribution is -2.35. The summed E-state index contributed by atoms with van der Waals surface area (Å²) in [6.07, 6.45) is -4.87. The molecule has 1 amide bonds. The molecule has 1 aliphatic rings. The van der Waals surface area contributed by atoms with Crippen LogP contribution in [0.15, 0.2) is 97.1 Å². The van der Waals surface area contributed by atoms with Gasteiger partial charge in [0.25, 0.3) is 11.6 Å². The van der Waals surface area contributed by atoms with E-state index in [1.54, 1.807) is 36.4 Å². The summed E-state index contributed by atoms with van der Waals surface area (Å²) in [5.41, 5.74) is 1.55. The molecule has 11 nitrogen and oxygen atoms in total. The number of nitro benzene ring substituents is 1. The lowest BCUT2D eigenvalue weighted by molar-refractivity contribution is -0.385. The number of aryl methyl sites for hydroxylation is 1. The van der Waals surface area contributed by atoms with E-state index in [-0.39, 0.29) is 35.1 Å². The molecule has 0 bridgehead atoms. The molecule has 0 saturated carbocycles. The fraction of sp³-hybridized carbons (Fsp3) is 0.200. The summed E-state index contributed by atoms with van der Waals surface area (Å²) in [6, 6.07) is 22.8. The number of nitrogens with one attached hydrogen (secondary N) is 2. The van der Waals surface area contributed by atoms with Crippen molar-refractivity contribution in [1.82, 2.24) is 9.78 Å². The lowest BCUT2D eigenvalue weighted by atomic mass is 9.96. The molecule has 2 atom stereocenters. The van der Waals surface area contributed by atoms with E-state index in [9.17, 15) is 28.1 Å². The fourth-order valence-corrected chi connectivity index (χ4v) is 5.33. The lowest BCUT2D eigenvalue weighted by Gasteiger charge is -2.33. The van der Waals surface area contributed by atoms with Crippen LogP contribution in [0, 0.1) is 17.0 Å². The Morgan fingerprint density at radius 1 is 0.918 bits per heavy atom. The van der Waals surface area contributed by atoms with Gasteiger partial charge in [-0.25, -0.2) is 4.68 Å². The third-order valence-corrected chi connectivity index (χ3v) is 7.70. The van der Waals surface area contributed by atoms with E-state index >= 15 is 0 Å². The van der Waals surface area contributed by atoms with Crippen molar-refractivity contribution in [1.29, 1.82) is 0 Å². The van der Waals surface area contributed by atoms with E-state index in [4.69, 9.17) is 14.2 Å². The largest absolute Gasteiger partial charge is 0.494 e. The molecule has 0 radical (unpaired) electrons. The van der Waals surface area contributed by atoms with Gasteiger partial charge in [0.2, 0.25) is 0 Å². The van der Waals surface area contributed by atoms with Crippen LogP contribution in [-0.4, -0.2) is 33.4 Å². The Morgan fingerprint density at radius 3 is 2.08 bits per heavy atom. The number of alkyl halides is 3. The SMILES string of the molecule is CCOc1ccc(Oc2cc(Oc3ccc(NC(=O)c4cc5n(n4)C(C(F)(F)F)CC(c4ccc(C)cc4)N5)cc3)cc([N+](=O)[O-])c2)cc1. The maximum Gasteiger partial charge on any atom is 0.410 e. The number of hydrogen-bond donors (Lipinski definition) is 2. The summed E-state index contributed by atoms with van der Waals surface area (Å²) in [6.45, 7) is 4.26. The third-order valence-electron chi connectivity index (χ3n) is 7.70. The molecule has 49 heavy (non-hydrogen) atoms. The van der Waals surface area contributed by atoms with E-state index in [2.05, 4.69) is 15.7 Å². The summed E-state index contributed by atoms with van der Waals surface area (Å²) in [5, 5.41) is 21.3. The molecule has 1 aromatic heterocycles. The van der Waals surface area contributed by atoms with Crippen molar-refractivity contribution in [2.45, 2.75) is 38.5 Å². The Bertz CT molecular complexity index is 1960. The van der Waals surface area contributed by atoms with E-state index in [0.717, 1.165) is 10.2 Å². The van der Waals surface area contributed by atoms with Crippen molar-refractivity contribution in [3.63, 3.8) is 0 Å². The number of benzene rings is 4. The molecule has 0 saturated heterocycles. The second-order valence-electron chi connectivity index (χ2n) is 11.3. The first-order valence-corrected chi connectivity index (χ1v) is 15.2. The minimum Gasteiger partial charge on any atom is -0.494 e. The number of fused-ring (bicyclic) bond motifs is 1. The number of halogens is 3. The predicted molar refractivity (Wildman–Crippen MR) is 175 cm³/mol. The molecule has 0 fully saturated rings. The van der Waals surface area contributed by atoms with Crippen LogP contribution in [0.2, 0.25) is 0 Å². The molecular weight excluding hydrogens is 643 g/mol. The van der Waals surface area contributed by atoms with Crippen LogP contribution in [0.4, 0.5) is 30.4 Å². The maximum absolute atomic E-state index is 14.1. The van der Waals surface area contributed by atoms with Crippen LogP contribution in [-0.2, 0) is 0 Å². The number of ether oxygens (including phenoxy) is 3. The zero-order valence-corrected chi connectivity index (χ0v) is 26.2. The van der Waals surface area contributed by atoms with Crippen molar-refractivity contribution in [3.05, 3.63) is 124 Å². The zero-order chi connectivity index (χ0) is 34.7. The summed E-state index contributed by atoms with van der Waals surface area (Å²) in [7, 11) is 0. The topological polar surface area (TPSA) is 130 Å². The van der Waals surface area contributed by atoms with Gasteiger partial charge in [0.1, 0.15) is 34.6 Å². The third kappa shape index (κ3) is 7.75. The van der Waals surface area contributed by atoms with Crippen molar-refractivity contribution >= 4 is 23.1 Å². The number of anilines is 2. The molecule has 6 rings (SSSR count). The Kier molecular flexibility index (Phi) is 9.12. The van der Waals surface area contributed by atoms with Gasteiger partial charge in [-0.2, -0.15) is 18.3 Å². The van der Waals surface area contributed by atoms with Gasteiger partial charge < -0.3 is 24.8 Å². The van der Waals surface area contributed by atoms with Gasteiger partial charge in [-0.15, -0.1) is 0 Å². The number of carbonyl (C=O) groups is 1. The minimum atomic E-state index is -4.59. The first-order chi connectivity index (χ1) is 23.4. The molecule has 2 N–H and O–H groups in total. The highest BCUT2D eigenvalue weighted by Gasteiger charge is 2.46. The normalized spacial score (nSPS) is 15.4. The van der Waals surface area contributed by atoms with E-state index in [0.29, 0.717) is 35.1 Å². The molecule has 5 aromatic rings. The van der Waals surface area contributed by atoms with Crippen LogP contribution in [0.3, 0.4) is 0 Å². The predicted octanol–water partition coefficient (Wildman–Crippen LogP) is 9.00. The monoisotopic (exact) mass is 673 g/mol. The molecular formula is C35H30F3N5O6. The van der Waals surface area contributed by atoms with E-state index < -0.39 is 29.1 Å². The van der Waals surface area contributed by atoms with Gasteiger partial charge in [0, 0.05) is 24.2 Å². The average Bonchev–Trinajstić information content (AvgIpc) is 3.51. The number of hydrogen-bond acceptors (Lipinski definition) is 8. The van der Waals surface area contributed by atoms with Crippen LogP contribution in [0.25, 0.3) is 0 Å². The second kappa shape index (κ2) is 13.6. The number of non-ortho nitro benzene ring substituents is 1. The molecule has 0 aliphatic carbocycles. The Balaban J connectivity index is 1.14. The van der Waals surface area contributed by atoms with Gasteiger partial charge in [-0.3, -0.25) is 14.9 Å². The molecule has 1 aliphatic heterocycles. The first-order valence-electron chi connectivity index (χ1n) is 15.2. The zero-order valence-electron chi connectivity index (χ0n) is 26.2. The van der Waals surface area contributed by atoms with Crippen molar-refractivity contribution < 1.29 is 37.1 Å². The highest BCUT2D eigenvalue weighted by Crippen LogP contribution is 2.44. The van der Waals surface area contributed by atoms with Gasteiger partial charge in [0.15, 0.2) is 11.7 Å². The van der Waals surface area contributed by atoms with Crippen LogP contribution in [0.5, 0.6) is 28.7 Å². The van der Waals surface area contributed by atoms with Crippen molar-refractivity contribution in [2.75, 3.05) is 17.2 Å². The summed E-state index contributed by atoms with van der Waals surface area (Å²) in [5.74, 6) is 1.06. The molecule has 2 heterocycles. The van der Waals surface area contributed by atoms with Crippen LogP contribution >= 0.6 is 0 Å². The smallest absolute Gasteiger partial charge is 0.410 e. The molecule has 2 unspecified atom stereocenters. The first kappa shape index (κ1) is 32.9. The van der Waals surface area contributed by atoms with Gasteiger partial charge >= 0.3 is 6.18 Å². The van der Waals surface area contributed by atoms with Crippen LogP contribution < -0.4 is 24.8 Å². The fourth-order valence-electron chi connectivity index (χ4n) is 5.33. The maximum atomic E-state index is 14.1. The van der Waals surface area contributed by atoms with Gasteiger partial charge in [-0.05, 0) is 67.9 Å². The minimum absolute atomic E-state index is 0.0795. The van der Waals surface area contributed by atoms with Gasteiger partial charge in [0.05, 0.1) is 29.7 Å². The molecule has 14 heteroatoms. The standard InChI is InChI=1S/C35H30F3N5O6/c1-3-47-25-12-14-27(15-13-25)49-29-17-24(43(45)46)16-28(18-29)48-26-10-8-23(9-11-26)39-34(44)31-20-33-40-30(22-6-4-21(2)5-7-22)19-32(35(36,37)38)42(33)41-31/h4-18,20,30,32,40H,3,19H2,1-2H3,(H,39,44). The van der Waals surface area contributed by atoms with Crippen molar-refractivity contribution in [2.24, 2.45) is 0 Å². The number of amides is 1. The second-order valence-corrected chi connectivity index (χ2v) is 11.3. The number of nitro groups is 1. The molecule has 0 spiro atoms. The Labute approximate surface area is 278 Å². The Morgan fingerprint density at radius 2 is 1.51 bits per heavy atom. The van der Waals surface area contributed by atoms with E-state index in [1.807, 2.05) is 26.0 Å². The Hall–Kier alpha value is -6.05. The number of nitrogens with zero attached hydrogens (tertiary/aromatic N) is 3. The highest BCUT2D eigenvalue weighted by molar-refractivity contribution is 6.03. The molecule has 252 valence electrons. The quantitative estimate of drug-likeness (QED) is 0.111. The summed E-state index contributed by atoms with van der Waals surface area (Å²) >= 11 is 0. The average molecular weight is 674 g/mol. The number of aromatic nitrogens is 2. The summed E-state index contributed by atoms with van der Waals surface area (Å²) < 4.78 is 60.2. The number of rotatable bonds is 10.